The van der Waals surface area contributed by atoms with Crippen LogP contribution in [0.2, 0.25) is 0 Å². The van der Waals surface area contributed by atoms with Crippen molar-refractivity contribution >= 4 is 17.8 Å². The van der Waals surface area contributed by atoms with Gasteiger partial charge in [-0.15, -0.1) is 0 Å². The minimum atomic E-state index is -0.997. The van der Waals surface area contributed by atoms with Crippen LogP contribution < -0.4 is 5.32 Å². The maximum Gasteiger partial charge on any atom is 0.331 e. The molecule has 0 bridgehead atoms. The minimum absolute atomic E-state index is 0.0253. The highest BCUT2D eigenvalue weighted by molar-refractivity contribution is 5.91. The van der Waals surface area contributed by atoms with Gasteiger partial charge in [-0.2, -0.15) is 0 Å². The highest BCUT2D eigenvalue weighted by atomic mass is 16.4. The topological polar surface area (TPSA) is 90.0 Å². The Bertz CT molecular complexity index is 755. The molecule has 1 aliphatic heterocycles. The minimum Gasteiger partial charge on any atom is -0.478 e. The summed E-state index contributed by atoms with van der Waals surface area (Å²) < 4.78 is 0. The fourth-order valence-electron chi connectivity index (χ4n) is 5.42. The zero-order chi connectivity index (χ0) is 25.1. The molecule has 0 radical (unpaired) electrons. The van der Waals surface area contributed by atoms with Gasteiger partial charge in [-0.25, -0.2) is 4.79 Å². The van der Waals surface area contributed by atoms with Gasteiger partial charge in [0, 0.05) is 19.2 Å². The summed E-state index contributed by atoms with van der Waals surface area (Å²) in [6.07, 6.45) is 7.45. The lowest BCUT2D eigenvalue weighted by molar-refractivity contribution is -0.142. The van der Waals surface area contributed by atoms with Gasteiger partial charge in [0.15, 0.2) is 0 Å². The van der Waals surface area contributed by atoms with Gasteiger partial charge in [0.1, 0.15) is 6.04 Å². The molecule has 2 N–H and O–H groups in total. The number of nitrogens with one attached hydrogen (secondary N) is 1. The van der Waals surface area contributed by atoms with Crippen LogP contribution in [0.3, 0.4) is 0 Å². The number of carbonyl (C=O) groups excluding carboxylic acids is 2. The van der Waals surface area contributed by atoms with Crippen molar-refractivity contribution in [2.75, 3.05) is 20.6 Å². The lowest BCUT2D eigenvalue weighted by Crippen LogP contribution is -2.60. The third-order valence-electron chi connectivity index (χ3n) is 7.59. The van der Waals surface area contributed by atoms with Gasteiger partial charge in [-0.1, -0.05) is 60.0 Å². The molecule has 5 atom stereocenters. The van der Waals surface area contributed by atoms with Crippen molar-refractivity contribution in [3.05, 3.63) is 11.6 Å². The smallest absolute Gasteiger partial charge is 0.331 e. The number of aliphatic carboxylic acids is 1. The Kier molecular flexibility index (Phi) is 9.14. The number of nitrogens with zero attached hydrogens (tertiary/aromatic N) is 2. The number of rotatable bonds is 7. The molecule has 188 valence electrons. The van der Waals surface area contributed by atoms with Crippen molar-refractivity contribution in [3.8, 4) is 0 Å². The molecule has 1 heterocycles. The Hall–Kier alpha value is -1.89. The molecule has 1 saturated carbocycles. The lowest BCUT2D eigenvalue weighted by Gasteiger charge is -2.45. The summed E-state index contributed by atoms with van der Waals surface area (Å²) in [4.78, 5) is 42.2. The van der Waals surface area contributed by atoms with E-state index in [9.17, 15) is 19.5 Å². The maximum absolute atomic E-state index is 13.6. The Morgan fingerprint density at radius 3 is 2.21 bits per heavy atom. The molecule has 33 heavy (non-hydrogen) atoms. The van der Waals surface area contributed by atoms with E-state index in [0.717, 1.165) is 13.0 Å². The van der Waals surface area contributed by atoms with Crippen molar-refractivity contribution in [1.82, 2.24) is 15.1 Å². The summed E-state index contributed by atoms with van der Waals surface area (Å²) in [6.45, 7) is 12.3. The molecule has 2 amide bonds. The van der Waals surface area contributed by atoms with Gasteiger partial charge in [0.2, 0.25) is 11.8 Å². The van der Waals surface area contributed by atoms with Crippen LogP contribution in [0.1, 0.15) is 73.6 Å². The van der Waals surface area contributed by atoms with E-state index in [1.165, 1.54) is 32.6 Å². The van der Waals surface area contributed by atoms with E-state index in [1.54, 1.807) is 18.0 Å². The SMILES string of the molecule is CC(=C[C@H](C(C)C)N(C)C(=O)[C@@H](NC(=O)C1CC2CCCCC2CN1C)C(C)(C)C)C(=O)O. The average Bonchev–Trinajstić information content (AvgIpc) is 2.72. The molecule has 2 rings (SSSR count). The highest BCUT2D eigenvalue weighted by Crippen LogP contribution is 2.38. The molecule has 0 aromatic heterocycles. The maximum atomic E-state index is 13.6. The van der Waals surface area contributed by atoms with Gasteiger partial charge in [-0.05, 0) is 50.0 Å². The first kappa shape index (κ1) is 27.4. The Balaban J connectivity index is 2.21. The van der Waals surface area contributed by atoms with E-state index in [-0.39, 0.29) is 35.4 Å². The van der Waals surface area contributed by atoms with Crippen molar-refractivity contribution in [2.24, 2.45) is 23.2 Å². The van der Waals surface area contributed by atoms with Crippen molar-refractivity contribution in [3.63, 3.8) is 0 Å². The van der Waals surface area contributed by atoms with E-state index < -0.39 is 17.4 Å². The largest absolute Gasteiger partial charge is 0.478 e. The summed E-state index contributed by atoms with van der Waals surface area (Å²) >= 11 is 0. The average molecular weight is 464 g/mol. The van der Waals surface area contributed by atoms with Gasteiger partial charge in [-0.3, -0.25) is 14.5 Å². The van der Waals surface area contributed by atoms with E-state index in [1.807, 2.05) is 41.7 Å². The Morgan fingerprint density at radius 1 is 1.12 bits per heavy atom. The first-order chi connectivity index (χ1) is 15.2. The number of carbonyl (C=O) groups is 3. The molecule has 7 heteroatoms. The van der Waals surface area contributed by atoms with Crippen LogP contribution >= 0.6 is 0 Å². The number of fused-ring (bicyclic) bond motifs is 1. The fourth-order valence-corrected chi connectivity index (χ4v) is 5.42. The predicted octanol–water partition coefficient (Wildman–Crippen LogP) is 3.54. The molecule has 7 nitrogen and oxygen atoms in total. The van der Waals surface area contributed by atoms with Crippen LogP contribution in [0.5, 0.6) is 0 Å². The Labute approximate surface area is 200 Å². The van der Waals surface area contributed by atoms with Gasteiger partial charge < -0.3 is 15.3 Å². The first-order valence-corrected chi connectivity index (χ1v) is 12.4. The van der Waals surface area contributed by atoms with Crippen molar-refractivity contribution in [2.45, 2.75) is 91.8 Å². The zero-order valence-electron chi connectivity index (χ0n) is 21.9. The van der Waals surface area contributed by atoms with Crippen molar-refractivity contribution in [1.29, 1.82) is 0 Å². The van der Waals surface area contributed by atoms with E-state index in [2.05, 4.69) is 10.2 Å². The number of likely N-dealkylation sites (N-methyl/N-ethyl adjacent to an activating group) is 2. The van der Waals surface area contributed by atoms with E-state index >= 15 is 0 Å². The lowest BCUT2D eigenvalue weighted by atomic mass is 9.73. The molecule has 3 unspecified atom stereocenters. The summed E-state index contributed by atoms with van der Waals surface area (Å²) in [5.41, 5.74) is -0.287. The van der Waals surface area contributed by atoms with Crippen LogP contribution in [0.15, 0.2) is 11.6 Å². The number of amides is 2. The molecule has 0 aromatic carbocycles. The normalized spacial score (nSPS) is 26.3. The molecule has 1 aliphatic carbocycles. The number of hydrogen-bond acceptors (Lipinski definition) is 4. The summed E-state index contributed by atoms with van der Waals surface area (Å²) in [5, 5.41) is 12.4. The third kappa shape index (κ3) is 6.81. The monoisotopic (exact) mass is 463 g/mol. The van der Waals surface area contributed by atoms with Gasteiger partial charge in [0.05, 0.1) is 12.1 Å². The summed E-state index contributed by atoms with van der Waals surface area (Å²) in [7, 11) is 3.71. The number of carboxylic acids is 1. The van der Waals surface area contributed by atoms with Crippen LogP contribution in [-0.4, -0.2) is 71.5 Å². The zero-order valence-corrected chi connectivity index (χ0v) is 21.9. The first-order valence-electron chi connectivity index (χ1n) is 12.4. The molecular weight excluding hydrogens is 418 g/mol. The second-order valence-electron chi connectivity index (χ2n) is 11.6. The summed E-state index contributed by atoms with van der Waals surface area (Å²) in [6, 6.07) is -1.30. The van der Waals surface area contributed by atoms with Crippen LogP contribution in [0, 0.1) is 23.2 Å². The number of piperidine rings is 1. The van der Waals surface area contributed by atoms with Gasteiger partial charge >= 0.3 is 5.97 Å². The number of hydrogen-bond donors (Lipinski definition) is 2. The molecule has 1 saturated heterocycles. The summed E-state index contributed by atoms with van der Waals surface area (Å²) in [5.74, 6) is 0.0158. The second-order valence-corrected chi connectivity index (χ2v) is 11.6. The van der Waals surface area contributed by atoms with Crippen LogP contribution in [0.4, 0.5) is 0 Å². The van der Waals surface area contributed by atoms with Crippen LogP contribution in [0.25, 0.3) is 0 Å². The molecule has 2 fully saturated rings. The quantitative estimate of drug-likeness (QED) is 0.564. The Morgan fingerprint density at radius 2 is 1.70 bits per heavy atom. The van der Waals surface area contributed by atoms with Crippen molar-refractivity contribution < 1.29 is 19.5 Å². The fraction of sp³-hybridized carbons (Fsp3) is 0.808. The molecule has 0 aromatic rings. The van der Waals surface area contributed by atoms with E-state index in [4.69, 9.17) is 0 Å². The number of likely N-dealkylation sites (tertiary alicyclic amines) is 1. The van der Waals surface area contributed by atoms with Crippen LogP contribution in [-0.2, 0) is 14.4 Å². The standard InChI is InChI=1S/C26H45N3O4/c1-16(2)20(13-17(3)25(32)33)29(8)24(31)22(26(4,5)6)27-23(30)21-14-18-11-9-10-12-19(18)15-28(21)7/h13,16,18-22H,9-12,14-15H2,1-8H3,(H,27,30)(H,32,33)/t18?,19?,20-,21?,22-/m1/s1. The van der Waals surface area contributed by atoms with E-state index in [0.29, 0.717) is 11.8 Å². The van der Waals surface area contributed by atoms with Gasteiger partial charge in [0.25, 0.3) is 0 Å². The highest BCUT2D eigenvalue weighted by Gasteiger charge is 2.42. The molecule has 2 aliphatic rings. The molecule has 0 spiro atoms. The second kappa shape index (κ2) is 11.0. The number of carboxylic acid groups (broad SMARTS) is 1. The predicted molar refractivity (Wildman–Crippen MR) is 131 cm³/mol. The third-order valence-corrected chi connectivity index (χ3v) is 7.59. The molecular formula is C26H45N3O4.